The molecule has 0 aromatic heterocycles. The first-order valence-corrected chi connectivity index (χ1v) is 6.57. The highest BCUT2D eigenvalue weighted by molar-refractivity contribution is 9.10. The van der Waals surface area contributed by atoms with Crippen molar-refractivity contribution in [1.29, 1.82) is 0 Å². The third-order valence-corrected chi connectivity index (χ3v) is 2.99. The summed E-state index contributed by atoms with van der Waals surface area (Å²) in [6.07, 6.45) is 0. The van der Waals surface area contributed by atoms with Crippen molar-refractivity contribution in [2.75, 3.05) is 17.7 Å². The van der Waals surface area contributed by atoms with Crippen molar-refractivity contribution in [3.05, 3.63) is 52.8 Å². The minimum Gasteiger partial charge on any atom is -0.484 e. The highest BCUT2D eigenvalue weighted by atomic mass is 79.9. The number of carbonyl (C=O) groups excluding carboxylic acids is 1. The Morgan fingerprint density at radius 1 is 1.25 bits per heavy atom. The second kappa shape index (κ2) is 6.38. The lowest BCUT2D eigenvalue weighted by molar-refractivity contribution is -0.118. The predicted octanol–water partition coefficient (Wildman–Crippen LogP) is 3.19. The van der Waals surface area contributed by atoms with Crippen LogP contribution < -0.4 is 15.8 Å². The molecule has 3 N–H and O–H groups in total. The molecule has 0 atom stereocenters. The molecule has 0 aliphatic heterocycles. The van der Waals surface area contributed by atoms with E-state index in [1.54, 1.807) is 12.1 Å². The van der Waals surface area contributed by atoms with Gasteiger partial charge in [-0.25, -0.2) is 4.39 Å². The van der Waals surface area contributed by atoms with E-state index < -0.39 is 5.82 Å². The van der Waals surface area contributed by atoms with Gasteiger partial charge in [0, 0.05) is 10.2 Å². The van der Waals surface area contributed by atoms with Gasteiger partial charge >= 0.3 is 0 Å². The number of anilines is 2. The van der Waals surface area contributed by atoms with Crippen LogP contribution in [0.4, 0.5) is 15.8 Å². The number of ether oxygens (including phenoxy) is 1. The van der Waals surface area contributed by atoms with Crippen LogP contribution in [0, 0.1) is 5.82 Å². The minimum absolute atomic E-state index is 0.0170. The van der Waals surface area contributed by atoms with Gasteiger partial charge in [0.2, 0.25) is 0 Å². The first-order chi connectivity index (χ1) is 9.54. The van der Waals surface area contributed by atoms with E-state index in [1.807, 2.05) is 12.1 Å². The van der Waals surface area contributed by atoms with Crippen molar-refractivity contribution in [1.82, 2.24) is 0 Å². The maximum Gasteiger partial charge on any atom is 0.262 e. The Hall–Kier alpha value is -2.08. The Kier molecular flexibility index (Phi) is 4.57. The molecule has 20 heavy (non-hydrogen) atoms. The lowest BCUT2D eigenvalue weighted by atomic mass is 10.2. The van der Waals surface area contributed by atoms with Gasteiger partial charge in [0.05, 0.1) is 5.69 Å². The number of amides is 1. The largest absolute Gasteiger partial charge is 0.484 e. The molecule has 104 valence electrons. The zero-order chi connectivity index (χ0) is 14.5. The van der Waals surface area contributed by atoms with Crippen molar-refractivity contribution in [3.8, 4) is 5.75 Å². The number of rotatable bonds is 4. The summed E-state index contributed by atoms with van der Waals surface area (Å²) < 4.78 is 19.2. The van der Waals surface area contributed by atoms with Crippen LogP contribution >= 0.6 is 15.9 Å². The zero-order valence-electron chi connectivity index (χ0n) is 10.4. The number of carbonyl (C=O) groups is 1. The van der Waals surface area contributed by atoms with Crippen LogP contribution in [0.1, 0.15) is 0 Å². The van der Waals surface area contributed by atoms with Gasteiger partial charge in [0.1, 0.15) is 11.6 Å². The second-order valence-corrected chi connectivity index (χ2v) is 4.94. The first-order valence-electron chi connectivity index (χ1n) is 5.78. The van der Waals surface area contributed by atoms with Crippen LogP contribution in [0.3, 0.4) is 0 Å². The molecule has 6 heteroatoms. The summed E-state index contributed by atoms with van der Waals surface area (Å²) in [5, 5.41) is 2.57. The van der Waals surface area contributed by atoms with Gasteiger partial charge in [-0.15, -0.1) is 0 Å². The fourth-order valence-corrected chi connectivity index (χ4v) is 1.76. The van der Waals surface area contributed by atoms with E-state index in [0.717, 1.165) is 4.47 Å². The van der Waals surface area contributed by atoms with Crippen molar-refractivity contribution < 1.29 is 13.9 Å². The molecule has 1 amide bonds. The van der Waals surface area contributed by atoms with Crippen LogP contribution in [0.5, 0.6) is 5.75 Å². The maximum absolute atomic E-state index is 13.0. The fourth-order valence-electron chi connectivity index (χ4n) is 1.50. The van der Waals surface area contributed by atoms with Gasteiger partial charge in [-0.3, -0.25) is 4.79 Å². The van der Waals surface area contributed by atoms with E-state index in [-0.39, 0.29) is 18.2 Å². The molecule has 0 aliphatic carbocycles. The van der Waals surface area contributed by atoms with Crippen LogP contribution in [0.15, 0.2) is 46.9 Å². The number of benzene rings is 2. The average Bonchev–Trinajstić information content (AvgIpc) is 2.42. The molecule has 4 nitrogen and oxygen atoms in total. The number of nitrogens with one attached hydrogen (secondary N) is 1. The molecule has 0 aliphatic rings. The third kappa shape index (κ3) is 3.96. The SMILES string of the molecule is Nc1cc(NC(=O)COc2ccc(Br)cc2)ccc1F. The highest BCUT2D eigenvalue weighted by Gasteiger charge is 2.05. The van der Waals surface area contributed by atoms with Crippen molar-refractivity contribution in [2.24, 2.45) is 0 Å². The molecule has 0 radical (unpaired) electrons. The second-order valence-electron chi connectivity index (χ2n) is 4.03. The Morgan fingerprint density at radius 3 is 2.60 bits per heavy atom. The van der Waals surface area contributed by atoms with Crippen LogP contribution in [-0.2, 0) is 4.79 Å². The van der Waals surface area contributed by atoms with E-state index in [1.165, 1.54) is 18.2 Å². The van der Waals surface area contributed by atoms with E-state index in [9.17, 15) is 9.18 Å². The van der Waals surface area contributed by atoms with Crippen LogP contribution in [0.25, 0.3) is 0 Å². The van der Waals surface area contributed by atoms with Gasteiger partial charge in [0.25, 0.3) is 5.91 Å². The maximum atomic E-state index is 13.0. The van der Waals surface area contributed by atoms with Crippen LogP contribution in [-0.4, -0.2) is 12.5 Å². The Balaban J connectivity index is 1.89. The first kappa shape index (κ1) is 14.3. The lowest BCUT2D eigenvalue weighted by Crippen LogP contribution is -2.20. The van der Waals surface area contributed by atoms with Gasteiger partial charge in [0.15, 0.2) is 6.61 Å². The van der Waals surface area contributed by atoms with Crippen molar-refractivity contribution in [3.63, 3.8) is 0 Å². The molecule has 2 rings (SSSR count). The number of halogens is 2. The highest BCUT2D eigenvalue weighted by Crippen LogP contribution is 2.17. The summed E-state index contributed by atoms with van der Waals surface area (Å²) in [6.45, 7) is -0.140. The molecule has 0 heterocycles. The quantitative estimate of drug-likeness (QED) is 0.841. The smallest absolute Gasteiger partial charge is 0.262 e. The molecule has 2 aromatic rings. The normalized spacial score (nSPS) is 10.1. The molecule has 0 fully saturated rings. The number of hydrogen-bond acceptors (Lipinski definition) is 3. The predicted molar refractivity (Wildman–Crippen MR) is 79.1 cm³/mol. The third-order valence-electron chi connectivity index (χ3n) is 2.46. The zero-order valence-corrected chi connectivity index (χ0v) is 12.0. The summed E-state index contributed by atoms with van der Waals surface area (Å²) in [6, 6.07) is 11.1. The van der Waals surface area contributed by atoms with Gasteiger partial charge in [-0.05, 0) is 42.5 Å². The lowest BCUT2D eigenvalue weighted by Gasteiger charge is -2.08. The van der Waals surface area contributed by atoms with Crippen molar-refractivity contribution in [2.45, 2.75) is 0 Å². The number of nitrogen functional groups attached to an aromatic ring is 1. The van der Waals surface area contributed by atoms with E-state index in [4.69, 9.17) is 10.5 Å². The van der Waals surface area contributed by atoms with Crippen molar-refractivity contribution >= 4 is 33.2 Å². The van der Waals surface area contributed by atoms with Gasteiger partial charge in [-0.2, -0.15) is 0 Å². The molecule has 0 saturated heterocycles. The van der Waals surface area contributed by atoms with E-state index in [2.05, 4.69) is 21.2 Å². The molecular weight excluding hydrogens is 327 g/mol. The summed E-state index contributed by atoms with van der Waals surface area (Å²) in [5.74, 6) is -0.282. The summed E-state index contributed by atoms with van der Waals surface area (Å²) in [7, 11) is 0. The molecule has 2 aromatic carbocycles. The van der Waals surface area contributed by atoms with Gasteiger partial charge < -0.3 is 15.8 Å². The Labute approximate surface area is 123 Å². The van der Waals surface area contributed by atoms with Crippen LogP contribution in [0.2, 0.25) is 0 Å². The van der Waals surface area contributed by atoms with E-state index in [0.29, 0.717) is 11.4 Å². The standard InChI is InChI=1S/C14H12BrFN2O2/c15-9-1-4-11(5-2-9)20-8-14(19)18-10-3-6-12(16)13(17)7-10/h1-7H,8,17H2,(H,18,19). The number of nitrogens with two attached hydrogens (primary N) is 1. The Morgan fingerprint density at radius 2 is 1.95 bits per heavy atom. The molecule has 0 bridgehead atoms. The molecule has 0 saturated carbocycles. The summed E-state index contributed by atoms with van der Waals surface area (Å²) in [5.41, 5.74) is 5.82. The summed E-state index contributed by atoms with van der Waals surface area (Å²) in [4.78, 5) is 11.7. The minimum atomic E-state index is -0.519. The van der Waals surface area contributed by atoms with Gasteiger partial charge in [-0.1, -0.05) is 15.9 Å². The number of hydrogen-bond donors (Lipinski definition) is 2. The topological polar surface area (TPSA) is 64.3 Å². The molecule has 0 unspecified atom stereocenters. The fraction of sp³-hybridized carbons (Fsp3) is 0.0714. The van der Waals surface area contributed by atoms with E-state index >= 15 is 0 Å². The summed E-state index contributed by atoms with van der Waals surface area (Å²) >= 11 is 3.30. The average molecular weight is 339 g/mol. The monoisotopic (exact) mass is 338 g/mol. The Bertz CT molecular complexity index is 617. The molecule has 0 spiro atoms. The molecular formula is C14H12BrFN2O2.